The fourth-order valence-electron chi connectivity index (χ4n) is 3.33. The SMILES string of the molecule is CCCCCCC(O)CCCCCCCCCCC(=O)OCC(O)CNCCO. The highest BCUT2D eigenvalue weighted by Gasteiger charge is 2.08. The lowest BCUT2D eigenvalue weighted by Gasteiger charge is -2.11. The van der Waals surface area contributed by atoms with Gasteiger partial charge in [-0.2, -0.15) is 0 Å². The molecular weight excluding hydrogens is 370 g/mol. The summed E-state index contributed by atoms with van der Waals surface area (Å²) in [5, 5.41) is 31.0. The minimum atomic E-state index is -0.729. The molecule has 2 atom stereocenters. The molecule has 0 aromatic rings. The Kier molecular flexibility index (Phi) is 21.5. The van der Waals surface area contributed by atoms with Gasteiger partial charge in [-0.15, -0.1) is 0 Å². The van der Waals surface area contributed by atoms with Crippen molar-refractivity contribution in [2.45, 2.75) is 115 Å². The van der Waals surface area contributed by atoms with Crippen molar-refractivity contribution in [3.05, 3.63) is 0 Å². The van der Waals surface area contributed by atoms with Gasteiger partial charge in [0.1, 0.15) is 12.7 Å². The Morgan fingerprint density at radius 1 is 0.828 bits per heavy atom. The maximum absolute atomic E-state index is 11.6. The summed E-state index contributed by atoms with van der Waals surface area (Å²) in [6.07, 6.45) is 15.4. The molecule has 0 amide bonds. The zero-order valence-electron chi connectivity index (χ0n) is 18.7. The molecule has 0 aliphatic heterocycles. The predicted octanol–water partition coefficient (Wildman–Crippen LogP) is 3.70. The van der Waals surface area contributed by atoms with Crippen molar-refractivity contribution >= 4 is 5.97 Å². The molecule has 0 rings (SSSR count). The van der Waals surface area contributed by atoms with Crippen LogP contribution in [0.15, 0.2) is 0 Å². The van der Waals surface area contributed by atoms with E-state index in [1.54, 1.807) is 0 Å². The van der Waals surface area contributed by atoms with Crippen LogP contribution in [0.2, 0.25) is 0 Å². The molecule has 174 valence electrons. The molecule has 4 N–H and O–H groups in total. The molecular formula is C23H47NO5. The van der Waals surface area contributed by atoms with Crippen LogP contribution < -0.4 is 5.32 Å². The molecule has 0 saturated heterocycles. The number of unbranched alkanes of at least 4 members (excludes halogenated alkanes) is 10. The average molecular weight is 418 g/mol. The minimum absolute atomic E-state index is 0.00466. The normalized spacial score (nSPS) is 13.4. The Labute approximate surface area is 178 Å². The summed E-state index contributed by atoms with van der Waals surface area (Å²) in [4.78, 5) is 11.6. The molecule has 0 spiro atoms. The van der Waals surface area contributed by atoms with Gasteiger partial charge in [0.15, 0.2) is 0 Å². The van der Waals surface area contributed by atoms with Crippen LogP contribution in [-0.4, -0.2) is 59.8 Å². The monoisotopic (exact) mass is 417 g/mol. The average Bonchev–Trinajstić information content (AvgIpc) is 2.71. The van der Waals surface area contributed by atoms with E-state index in [-0.39, 0.29) is 25.3 Å². The number of carbonyl (C=O) groups excluding carboxylic acids is 1. The second-order valence-electron chi connectivity index (χ2n) is 8.13. The molecule has 0 aromatic carbocycles. The number of hydrogen-bond donors (Lipinski definition) is 4. The van der Waals surface area contributed by atoms with Crippen LogP contribution >= 0.6 is 0 Å². The van der Waals surface area contributed by atoms with E-state index in [9.17, 15) is 15.0 Å². The highest BCUT2D eigenvalue weighted by atomic mass is 16.5. The summed E-state index contributed by atoms with van der Waals surface area (Å²) < 4.78 is 5.05. The molecule has 0 fully saturated rings. The van der Waals surface area contributed by atoms with Gasteiger partial charge >= 0.3 is 5.97 Å². The van der Waals surface area contributed by atoms with Crippen LogP contribution in [0.1, 0.15) is 103 Å². The number of carbonyl (C=O) groups is 1. The second kappa shape index (κ2) is 22.0. The first-order valence-electron chi connectivity index (χ1n) is 11.9. The molecule has 0 radical (unpaired) electrons. The molecule has 6 heteroatoms. The number of aliphatic hydroxyl groups is 3. The van der Waals surface area contributed by atoms with Gasteiger partial charge in [0.25, 0.3) is 0 Å². The van der Waals surface area contributed by atoms with Gasteiger partial charge in [-0.05, 0) is 19.3 Å². The first-order chi connectivity index (χ1) is 14.1. The van der Waals surface area contributed by atoms with E-state index in [0.29, 0.717) is 19.5 Å². The molecule has 0 heterocycles. The first kappa shape index (κ1) is 28.3. The maximum atomic E-state index is 11.6. The van der Waals surface area contributed by atoms with E-state index >= 15 is 0 Å². The zero-order chi connectivity index (χ0) is 21.6. The van der Waals surface area contributed by atoms with Crippen molar-refractivity contribution in [2.24, 2.45) is 0 Å². The van der Waals surface area contributed by atoms with Crippen molar-refractivity contribution < 1.29 is 24.9 Å². The van der Waals surface area contributed by atoms with Gasteiger partial charge in [0.05, 0.1) is 12.7 Å². The Balaban J connectivity index is 3.31. The van der Waals surface area contributed by atoms with Gasteiger partial charge in [-0.1, -0.05) is 77.6 Å². The fraction of sp³-hybridized carbons (Fsp3) is 0.957. The highest BCUT2D eigenvalue weighted by Crippen LogP contribution is 2.14. The van der Waals surface area contributed by atoms with Gasteiger partial charge in [0, 0.05) is 19.5 Å². The van der Waals surface area contributed by atoms with Crippen LogP contribution in [-0.2, 0) is 9.53 Å². The molecule has 29 heavy (non-hydrogen) atoms. The summed E-state index contributed by atoms with van der Waals surface area (Å²) in [6.45, 7) is 2.97. The summed E-state index contributed by atoms with van der Waals surface area (Å²) >= 11 is 0. The van der Waals surface area contributed by atoms with E-state index in [1.807, 2.05) is 0 Å². The lowest BCUT2D eigenvalue weighted by Crippen LogP contribution is -2.32. The van der Waals surface area contributed by atoms with E-state index < -0.39 is 6.10 Å². The standard InChI is InChI=1S/C23H47NO5/c1-2-3-4-11-14-21(26)15-12-9-7-5-6-8-10-13-16-23(28)29-20-22(27)19-24-17-18-25/h21-22,24-27H,2-20H2,1H3. The topological polar surface area (TPSA) is 99.0 Å². The van der Waals surface area contributed by atoms with Gasteiger partial charge in [-0.25, -0.2) is 0 Å². The van der Waals surface area contributed by atoms with E-state index in [0.717, 1.165) is 44.9 Å². The van der Waals surface area contributed by atoms with Crippen molar-refractivity contribution in [3.63, 3.8) is 0 Å². The van der Waals surface area contributed by atoms with E-state index in [2.05, 4.69) is 12.2 Å². The predicted molar refractivity (Wildman–Crippen MR) is 118 cm³/mol. The smallest absolute Gasteiger partial charge is 0.305 e. The molecule has 2 unspecified atom stereocenters. The van der Waals surface area contributed by atoms with Gasteiger partial charge < -0.3 is 25.4 Å². The summed E-state index contributed by atoms with van der Waals surface area (Å²) in [6, 6.07) is 0. The number of hydrogen-bond acceptors (Lipinski definition) is 6. The zero-order valence-corrected chi connectivity index (χ0v) is 18.7. The van der Waals surface area contributed by atoms with Crippen LogP contribution in [0.5, 0.6) is 0 Å². The Morgan fingerprint density at radius 2 is 1.38 bits per heavy atom. The molecule has 6 nitrogen and oxygen atoms in total. The van der Waals surface area contributed by atoms with Crippen molar-refractivity contribution in [2.75, 3.05) is 26.3 Å². The summed E-state index contributed by atoms with van der Waals surface area (Å²) in [7, 11) is 0. The minimum Gasteiger partial charge on any atom is -0.463 e. The third-order valence-corrected chi connectivity index (χ3v) is 5.16. The lowest BCUT2D eigenvalue weighted by molar-refractivity contribution is -0.146. The molecule has 0 aliphatic carbocycles. The van der Waals surface area contributed by atoms with Crippen molar-refractivity contribution in [1.82, 2.24) is 5.32 Å². The van der Waals surface area contributed by atoms with Crippen LogP contribution in [0.25, 0.3) is 0 Å². The number of rotatable bonds is 22. The molecule has 0 aliphatic rings. The largest absolute Gasteiger partial charge is 0.463 e. The highest BCUT2D eigenvalue weighted by molar-refractivity contribution is 5.69. The van der Waals surface area contributed by atoms with Crippen LogP contribution in [0.3, 0.4) is 0 Å². The maximum Gasteiger partial charge on any atom is 0.305 e. The number of aliphatic hydroxyl groups excluding tert-OH is 3. The Bertz CT molecular complexity index is 354. The first-order valence-corrected chi connectivity index (χ1v) is 11.9. The van der Waals surface area contributed by atoms with Gasteiger partial charge in [-0.3, -0.25) is 4.79 Å². The van der Waals surface area contributed by atoms with Crippen molar-refractivity contribution in [1.29, 1.82) is 0 Å². The van der Waals surface area contributed by atoms with E-state index in [1.165, 1.54) is 44.9 Å². The quantitative estimate of drug-likeness (QED) is 0.158. The number of ether oxygens (including phenoxy) is 1. The van der Waals surface area contributed by atoms with Crippen LogP contribution in [0.4, 0.5) is 0 Å². The van der Waals surface area contributed by atoms with Crippen molar-refractivity contribution in [3.8, 4) is 0 Å². The molecule has 0 aromatic heterocycles. The number of nitrogens with one attached hydrogen (secondary N) is 1. The van der Waals surface area contributed by atoms with Gasteiger partial charge in [0.2, 0.25) is 0 Å². The third kappa shape index (κ3) is 21.8. The summed E-state index contributed by atoms with van der Waals surface area (Å²) in [5.74, 6) is -0.251. The van der Waals surface area contributed by atoms with E-state index in [4.69, 9.17) is 9.84 Å². The Hall–Kier alpha value is -0.690. The molecule has 0 bridgehead atoms. The fourth-order valence-corrected chi connectivity index (χ4v) is 3.33. The summed E-state index contributed by atoms with van der Waals surface area (Å²) in [5.41, 5.74) is 0. The van der Waals surface area contributed by atoms with Crippen LogP contribution in [0, 0.1) is 0 Å². The Morgan fingerprint density at radius 3 is 1.97 bits per heavy atom. The number of esters is 1. The second-order valence-corrected chi connectivity index (χ2v) is 8.13. The lowest BCUT2D eigenvalue weighted by atomic mass is 10.0. The molecule has 0 saturated carbocycles. The third-order valence-electron chi connectivity index (χ3n) is 5.16.